The number of allylic oxidation sites excluding steroid dienone is 2. The number of primary amides is 1. The quantitative estimate of drug-likeness (QED) is 0.549. The Kier molecular flexibility index (Phi) is 6.82. The van der Waals surface area contributed by atoms with Gasteiger partial charge in [-0.05, 0) is 47.4 Å². The highest BCUT2D eigenvalue weighted by atomic mass is 19.4. The topological polar surface area (TPSA) is 52.3 Å². The lowest BCUT2D eigenvalue weighted by Gasteiger charge is -2.12. The second-order valence-electron chi connectivity index (χ2n) is 5.79. The maximum Gasteiger partial charge on any atom is 0.416 e. The van der Waals surface area contributed by atoms with Gasteiger partial charge < -0.3 is 10.5 Å². The summed E-state index contributed by atoms with van der Waals surface area (Å²) in [6.45, 7) is 2.55. The summed E-state index contributed by atoms with van der Waals surface area (Å²) in [6, 6.07) is 12.1. The second-order valence-corrected chi connectivity index (χ2v) is 5.79. The number of nitrogens with two attached hydrogens (primary N) is 1. The number of carbonyl (C=O) groups is 1. The SMILES string of the molecule is CCCOc1cccc(C(=CC=CC(N)=O)c2ccc(C(F)(F)F)cc2)c1. The van der Waals surface area contributed by atoms with Crippen LogP contribution in [0.15, 0.2) is 66.8 Å². The molecule has 0 fully saturated rings. The molecule has 2 rings (SSSR count). The molecule has 142 valence electrons. The van der Waals surface area contributed by atoms with Crippen LogP contribution in [0.25, 0.3) is 5.57 Å². The van der Waals surface area contributed by atoms with E-state index in [9.17, 15) is 18.0 Å². The van der Waals surface area contributed by atoms with Crippen LogP contribution >= 0.6 is 0 Å². The molecule has 0 unspecified atom stereocenters. The lowest BCUT2D eigenvalue weighted by Crippen LogP contribution is -2.05. The third kappa shape index (κ3) is 6.02. The third-order valence-electron chi connectivity index (χ3n) is 3.66. The largest absolute Gasteiger partial charge is 0.494 e. The molecule has 27 heavy (non-hydrogen) atoms. The van der Waals surface area contributed by atoms with Gasteiger partial charge in [-0.15, -0.1) is 0 Å². The van der Waals surface area contributed by atoms with E-state index in [0.717, 1.165) is 24.1 Å². The summed E-state index contributed by atoms with van der Waals surface area (Å²) >= 11 is 0. The normalized spacial score (nSPS) is 12.4. The molecule has 0 heterocycles. The molecule has 1 amide bonds. The molecule has 2 N–H and O–H groups in total. The summed E-state index contributed by atoms with van der Waals surface area (Å²) in [5.74, 6) is 0.0455. The third-order valence-corrected chi connectivity index (χ3v) is 3.66. The fraction of sp³-hybridized carbons (Fsp3) is 0.190. The zero-order valence-corrected chi connectivity index (χ0v) is 14.8. The minimum Gasteiger partial charge on any atom is -0.494 e. The van der Waals surface area contributed by atoms with E-state index in [1.165, 1.54) is 24.3 Å². The summed E-state index contributed by atoms with van der Waals surface area (Å²) in [4.78, 5) is 10.9. The molecule has 0 aromatic heterocycles. The van der Waals surface area contributed by atoms with E-state index in [2.05, 4.69) is 0 Å². The van der Waals surface area contributed by atoms with Gasteiger partial charge in [-0.2, -0.15) is 13.2 Å². The molecule has 0 saturated heterocycles. The van der Waals surface area contributed by atoms with Crippen molar-refractivity contribution in [1.29, 1.82) is 0 Å². The van der Waals surface area contributed by atoms with E-state index in [1.54, 1.807) is 18.2 Å². The van der Waals surface area contributed by atoms with Gasteiger partial charge in [0.25, 0.3) is 0 Å². The van der Waals surface area contributed by atoms with Gasteiger partial charge >= 0.3 is 6.18 Å². The van der Waals surface area contributed by atoms with Crippen LogP contribution < -0.4 is 10.5 Å². The van der Waals surface area contributed by atoms with Crippen LogP contribution in [0.4, 0.5) is 13.2 Å². The van der Waals surface area contributed by atoms with Crippen molar-refractivity contribution in [3.05, 3.63) is 83.4 Å². The minimum absolute atomic E-state index is 0.560. The first-order valence-electron chi connectivity index (χ1n) is 8.40. The Labute approximate surface area is 156 Å². The molecule has 3 nitrogen and oxygen atoms in total. The number of ether oxygens (including phenoxy) is 1. The number of benzene rings is 2. The van der Waals surface area contributed by atoms with Gasteiger partial charge in [0.2, 0.25) is 5.91 Å². The number of halogens is 3. The molecule has 0 atom stereocenters. The first kappa shape index (κ1) is 20.3. The molecule has 0 saturated carbocycles. The Morgan fingerprint density at radius 2 is 1.81 bits per heavy atom. The van der Waals surface area contributed by atoms with Gasteiger partial charge in [-0.3, -0.25) is 4.79 Å². The van der Waals surface area contributed by atoms with Crippen molar-refractivity contribution >= 4 is 11.5 Å². The molecule has 0 bridgehead atoms. The van der Waals surface area contributed by atoms with Gasteiger partial charge in [0.05, 0.1) is 12.2 Å². The highest BCUT2D eigenvalue weighted by Gasteiger charge is 2.30. The van der Waals surface area contributed by atoms with Gasteiger partial charge in [0.15, 0.2) is 0 Å². The number of rotatable bonds is 7. The number of carbonyl (C=O) groups excluding carboxylic acids is 1. The zero-order chi connectivity index (χ0) is 19.9. The Balaban J connectivity index is 2.45. The Morgan fingerprint density at radius 3 is 2.41 bits per heavy atom. The molecule has 0 radical (unpaired) electrons. The fourth-order valence-corrected chi connectivity index (χ4v) is 2.41. The number of hydrogen-bond acceptors (Lipinski definition) is 2. The van der Waals surface area contributed by atoms with Crippen LogP contribution in [0.5, 0.6) is 5.75 Å². The maximum absolute atomic E-state index is 12.8. The van der Waals surface area contributed by atoms with Crippen LogP contribution in [0.2, 0.25) is 0 Å². The van der Waals surface area contributed by atoms with E-state index in [4.69, 9.17) is 10.5 Å². The van der Waals surface area contributed by atoms with Crippen molar-refractivity contribution in [2.75, 3.05) is 6.61 Å². The minimum atomic E-state index is -4.40. The molecule has 0 aliphatic heterocycles. The Hall–Kier alpha value is -3.02. The highest BCUT2D eigenvalue weighted by Crippen LogP contribution is 2.32. The first-order valence-corrected chi connectivity index (χ1v) is 8.40. The summed E-state index contributed by atoms with van der Waals surface area (Å²) in [6.07, 6.45) is 0.734. The van der Waals surface area contributed by atoms with E-state index in [1.807, 2.05) is 19.1 Å². The summed E-state index contributed by atoms with van der Waals surface area (Å²) in [5.41, 5.74) is 6.34. The molecular formula is C21H20F3NO2. The molecule has 0 aliphatic rings. The second kappa shape index (κ2) is 9.07. The number of amides is 1. The molecule has 0 aliphatic carbocycles. The lowest BCUT2D eigenvalue weighted by atomic mass is 9.96. The smallest absolute Gasteiger partial charge is 0.416 e. The molecule has 2 aromatic carbocycles. The van der Waals surface area contributed by atoms with Crippen LogP contribution in [0, 0.1) is 0 Å². The van der Waals surface area contributed by atoms with Crippen molar-refractivity contribution in [1.82, 2.24) is 0 Å². The van der Waals surface area contributed by atoms with Gasteiger partial charge in [0, 0.05) is 6.08 Å². The van der Waals surface area contributed by atoms with E-state index in [0.29, 0.717) is 23.5 Å². The predicted octanol–water partition coefficient (Wildman–Crippen LogP) is 4.97. The molecule has 0 spiro atoms. The Morgan fingerprint density at radius 1 is 1.11 bits per heavy atom. The van der Waals surface area contributed by atoms with Crippen molar-refractivity contribution in [3.63, 3.8) is 0 Å². The average Bonchev–Trinajstić information content (AvgIpc) is 2.63. The van der Waals surface area contributed by atoms with Gasteiger partial charge in [-0.25, -0.2) is 0 Å². The Bertz CT molecular complexity index is 837. The zero-order valence-electron chi connectivity index (χ0n) is 14.8. The van der Waals surface area contributed by atoms with Crippen LogP contribution in [-0.4, -0.2) is 12.5 Å². The first-order chi connectivity index (χ1) is 12.8. The predicted molar refractivity (Wildman–Crippen MR) is 99.1 cm³/mol. The number of alkyl halides is 3. The van der Waals surface area contributed by atoms with Crippen molar-refractivity contribution < 1.29 is 22.7 Å². The summed E-state index contributed by atoms with van der Waals surface area (Å²) in [5, 5.41) is 0. The molecule has 2 aromatic rings. The summed E-state index contributed by atoms with van der Waals surface area (Å²) in [7, 11) is 0. The fourth-order valence-electron chi connectivity index (χ4n) is 2.41. The van der Waals surface area contributed by atoms with E-state index in [-0.39, 0.29) is 0 Å². The highest BCUT2D eigenvalue weighted by molar-refractivity contribution is 5.87. The van der Waals surface area contributed by atoms with E-state index >= 15 is 0 Å². The monoisotopic (exact) mass is 375 g/mol. The number of hydrogen-bond donors (Lipinski definition) is 1. The average molecular weight is 375 g/mol. The molecule has 6 heteroatoms. The maximum atomic E-state index is 12.8. The summed E-state index contributed by atoms with van der Waals surface area (Å²) < 4.78 is 44.1. The lowest BCUT2D eigenvalue weighted by molar-refractivity contribution is -0.137. The van der Waals surface area contributed by atoms with E-state index < -0.39 is 17.6 Å². The molecular weight excluding hydrogens is 355 g/mol. The van der Waals surface area contributed by atoms with Gasteiger partial charge in [-0.1, -0.05) is 43.3 Å². The van der Waals surface area contributed by atoms with Crippen molar-refractivity contribution in [2.45, 2.75) is 19.5 Å². The van der Waals surface area contributed by atoms with Crippen molar-refractivity contribution in [2.24, 2.45) is 5.73 Å². The standard InChI is InChI=1S/C21H20F3NO2/c1-2-13-27-18-6-3-5-16(14-18)19(7-4-8-20(25)26)15-9-11-17(12-10-15)21(22,23)24/h3-12,14H,2,13H2,1H3,(H2,25,26). The van der Waals surface area contributed by atoms with Gasteiger partial charge in [0.1, 0.15) is 5.75 Å². The van der Waals surface area contributed by atoms with Crippen LogP contribution in [0.1, 0.15) is 30.0 Å². The van der Waals surface area contributed by atoms with Crippen LogP contribution in [0.3, 0.4) is 0 Å². The van der Waals surface area contributed by atoms with Crippen molar-refractivity contribution in [3.8, 4) is 5.75 Å². The van der Waals surface area contributed by atoms with Crippen LogP contribution in [-0.2, 0) is 11.0 Å².